The Morgan fingerprint density at radius 2 is 2.05 bits per heavy atom. The highest BCUT2D eigenvalue weighted by Gasteiger charge is 2.18. The standard InChI is InChI=1S/C16H20N4/c1-2-10-18-15-12-7-3-4-8-13(12)19-16(20-15)14-9-5-6-11-17-14/h5-6,9,11H,2-4,7-8,10H2,1H3,(H,18,19,20). The minimum Gasteiger partial charge on any atom is -0.370 e. The summed E-state index contributed by atoms with van der Waals surface area (Å²) in [5, 5.41) is 3.45. The van der Waals surface area contributed by atoms with Crippen LogP contribution in [-0.4, -0.2) is 21.5 Å². The second-order valence-corrected chi connectivity index (χ2v) is 5.17. The molecule has 1 aliphatic rings. The summed E-state index contributed by atoms with van der Waals surface area (Å²) in [5.41, 5.74) is 3.36. The normalized spacial score (nSPS) is 13.8. The zero-order valence-electron chi connectivity index (χ0n) is 11.9. The predicted molar refractivity (Wildman–Crippen MR) is 80.7 cm³/mol. The van der Waals surface area contributed by atoms with Gasteiger partial charge in [0.15, 0.2) is 5.82 Å². The lowest BCUT2D eigenvalue weighted by Crippen LogP contribution is -2.14. The molecular weight excluding hydrogens is 248 g/mol. The van der Waals surface area contributed by atoms with E-state index in [1.807, 2.05) is 18.2 Å². The smallest absolute Gasteiger partial charge is 0.180 e. The van der Waals surface area contributed by atoms with Gasteiger partial charge in [0, 0.05) is 24.0 Å². The van der Waals surface area contributed by atoms with Gasteiger partial charge in [0.2, 0.25) is 0 Å². The molecule has 0 bridgehead atoms. The molecule has 0 unspecified atom stereocenters. The monoisotopic (exact) mass is 268 g/mol. The molecule has 20 heavy (non-hydrogen) atoms. The molecule has 0 amide bonds. The van der Waals surface area contributed by atoms with Gasteiger partial charge in [-0.3, -0.25) is 4.98 Å². The van der Waals surface area contributed by atoms with Crippen LogP contribution in [0.5, 0.6) is 0 Å². The highest BCUT2D eigenvalue weighted by atomic mass is 15.0. The Balaban J connectivity index is 2.03. The Bertz CT molecular complexity index is 581. The number of fused-ring (bicyclic) bond motifs is 1. The Morgan fingerprint density at radius 1 is 1.15 bits per heavy atom. The van der Waals surface area contributed by atoms with Crippen molar-refractivity contribution in [1.82, 2.24) is 15.0 Å². The second kappa shape index (κ2) is 5.99. The molecule has 3 rings (SSSR count). The minimum absolute atomic E-state index is 0.741. The first-order chi connectivity index (χ1) is 9.88. The number of nitrogens with one attached hydrogen (secondary N) is 1. The molecule has 0 saturated carbocycles. The van der Waals surface area contributed by atoms with Gasteiger partial charge in [-0.05, 0) is 44.2 Å². The quantitative estimate of drug-likeness (QED) is 0.925. The van der Waals surface area contributed by atoms with Gasteiger partial charge in [-0.25, -0.2) is 9.97 Å². The van der Waals surface area contributed by atoms with E-state index in [-0.39, 0.29) is 0 Å². The number of rotatable bonds is 4. The molecule has 0 atom stereocenters. The van der Waals surface area contributed by atoms with Crippen LogP contribution in [0.25, 0.3) is 11.5 Å². The maximum Gasteiger partial charge on any atom is 0.180 e. The van der Waals surface area contributed by atoms with Crippen molar-refractivity contribution in [2.75, 3.05) is 11.9 Å². The lowest BCUT2D eigenvalue weighted by Gasteiger charge is -2.19. The number of pyridine rings is 1. The SMILES string of the molecule is CCCNc1nc(-c2ccccn2)nc2c1CCCC2. The van der Waals surface area contributed by atoms with E-state index >= 15 is 0 Å². The average Bonchev–Trinajstić information content (AvgIpc) is 2.53. The summed E-state index contributed by atoms with van der Waals surface area (Å²) in [6.45, 7) is 3.12. The van der Waals surface area contributed by atoms with E-state index in [2.05, 4.69) is 17.2 Å². The van der Waals surface area contributed by atoms with Gasteiger partial charge < -0.3 is 5.32 Å². The molecular formula is C16H20N4. The lowest BCUT2D eigenvalue weighted by molar-refractivity contribution is 0.664. The van der Waals surface area contributed by atoms with E-state index in [1.165, 1.54) is 24.1 Å². The van der Waals surface area contributed by atoms with E-state index in [4.69, 9.17) is 9.97 Å². The summed E-state index contributed by atoms with van der Waals surface area (Å²) in [4.78, 5) is 13.8. The number of aryl methyl sites for hydroxylation is 1. The highest BCUT2D eigenvalue weighted by Crippen LogP contribution is 2.27. The van der Waals surface area contributed by atoms with Crippen LogP contribution in [0.15, 0.2) is 24.4 Å². The molecule has 2 aromatic rings. The Morgan fingerprint density at radius 3 is 2.85 bits per heavy atom. The summed E-state index contributed by atoms with van der Waals surface area (Å²) >= 11 is 0. The van der Waals surface area contributed by atoms with E-state index in [1.54, 1.807) is 6.20 Å². The summed E-state index contributed by atoms with van der Waals surface area (Å²) < 4.78 is 0. The molecule has 0 saturated heterocycles. The molecule has 1 N–H and O–H groups in total. The van der Waals surface area contributed by atoms with Crippen molar-refractivity contribution in [1.29, 1.82) is 0 Å². The van der Waals surface area contributed by atoms with E-state index in [0.29, 0.717) is 0 Å². The number of hydrogen-bond donors (Lipinski definition) is 1. The van der Waals surface area contributed by atoms with Crippen LogP contribution in [0.4, 0.5) is 5.82 Å². The van der Waals surface area contributed by atoms with Crippen LogP contribution < -0.4 is 5.32 Å². The molecule has 2 aromatic heterocycles. The molecule has 104 valence electrons. The van der Waals surface area contributed by atoms with Crippen LogP contribution in [0, 0.1) is 0 Å². The van der Waals surface area contributed by atoms with Crippen molar-refractivity contribution >= 4 is 5.82 Å². The van der Waals surface area contributed by atoms with Crippen LogP contribution in [0.3, 0.4) is 0 Å². The fourth-order valence-electron chi connectivity index (χ4n) is 2.59. The van der Waals surface area contributed by atoms with E-state index in [0.717, 1.165) is 43.1 Å². The zero-order valence-corrected chi connectivity index (χ0v) is 11.9. The first kappa shape index (κ1) is 13.0. The fourth-order valence-corrected chi connectivity index (χ4v) is 2.59. The van der Waals surface area contributed by atoms with Gasteiger partial charge in [0.25, 0.3) is 0 Å². The van der Waals surface area contributed by atoms with Crippen LogP contribution in [0.2, 0.25) is 0 Å². The largest absolute Gasteiger partial charge is 0.370 e. The molecule has 0 aliphatic heterocycles. The van der Waals surface area contributed by atoms with Crippen molar-refractivity contribution in [3.05, 3.63) is 35.7 Å². The second-order valence-electron chi connectivity index (χ2n) is 5.17. The number of nitrogens with zero attached hydrogens (tertiary/aromatic N) is 3. The van der Waals surface area contributed by atoms with Gasteiger partial charge in [-0.2, -0.15) is 0 Å². The van der Waals surface area contributed by atoms with Gasteiger partial charge >= 0.3 is 0 Å². The molecule has 0 aromatic carbocycles. The van der Waals surface area contributed by atoms with Gasteiger partial charge in [0.1, 0.15) is 11.5 Å². The average molecular weight is 268 g/mol. The molecule has 2 heterocycles. The number of anilines is 1. The summed E-state index contributed by atoms with van der Waals surface area (Å²) in [6, 6.07) is 5.86. The van der Waals surface area contributed by atoms with Gasteiger partial charge in [-0.15, -0.1) is 0 Å². The van der Waals surface area contributed by atoms with Crippen LogP contribution in [-0.2, 0) is 12.8 Å². The van der Waals surface area contributed by atoms with Crippen molar-refractivity contribution < 1.29 is 0 Å². The first-order valence-electron chi connectivity index (χ1n) is 7.43. The van der Waals surface area contributed by atoms with Crippen molar-refractivity contribution in [2.45, 2.75) is 39.0 Å². The fraction of sp³-hybridized carbons (Fsp3) is 0.438. The molecule has 0 radical (unpaired) electrons. The zero-order chi connectivity index (χ0) is 13.8. The highest BCUT2D eigenvalue weighted by molar-refractivity contribution is 5.57. The molecule has 4 nitrogen and oxygen atoms in total. The van der Waals surface area contributed by atoms with Crippen LogP contribution in [0.1, 0.15) is 37.4 Å². The number of hydrogen-bond acceptors (Lipinski definition) is 4. The predicted octanol–water partition coefficient (Wildman–Crippen LogP) is 3.24. The van der Waals surface area contributed by atoms with Gasteiger partial charge in [-0.1, -0.05) is 13.0 Å². The molecule has 0 spiro atoms. The summed E-state index contributed by atoms with van der Waals surface area (Å²) in [6.07, 6.45) is 7.48. The molecule has 4 heteroatoms. The van der Waals surface area contributed by atoms with Crippen LogP contribution >= 0.6 is 0 Å². The van der Waals surface area contributed by atoms with Crippen molar-refractivity contribution in [3.63, 3.8) is 0 Å². The Labute approximate surface area is 119 Å². The third-order valence-corrected chi connectivity index (χ3v) is 3.62. The lowest BCUT2D eigenvalue weighted by atomic mass is 9.96. The Hall–Kier alpha value is -1.97. The third kappa shape index (κ3) is 2.64. The minimum atomic E-state index is 0.741. The maximum absolute atomic E-state index is 4.74. The number of aromatic nitrogens is 3. The Kier molecular flexibility index (Phi) is 3.90. The summed E-state index contributed by atoms with van der Waals surface area (Å²) in [5.74, 6) is 1.75. The third-order valence-electron chi connectivity index (χ3n) is 3.62. The topological polar surface area (TPSA) is 50.7 Å². The van der Waals surface area contributed by atoms with Gasteiger partial charge in [0.05, 0.1) is 0 Å². The van der Waals surface area contributed by atoms with Crippen molar-refractivity contribution in [3.8, 4) is 11.5 Å². The van der Waals surface area contributed by atoms with E-state index in [9.17, 15) is 0 Å². The molecule has 1 aliphatic carbocycles. The summed E-state index contributed by atoms with van der Waals surface area (Å²) in [7, 11) is 0. The first-order valence-corrected chi connectivity index (χ1v) is 7.43. The van der Waals surface area contributed by atoms with E-state index < -0.39 is 0 Å². The maximum atomic E-state index is 4.74. The molecule has 0 fully saturated rings. The van der Waals surface area contributed by atoms with Crippen molar-refractivity contribution in [2.24, 2.45) is 0 Å².